The van der Waals surface area contributed by atoms with Crippen LogP contribution in [0.25, 0.3) is 5.65 Å². The predicted molar refractivity (Wildman–Crippen MR) is 61.8 cm³/mol. The summed E-state index contributed by atoms with van der Waals surface area (Å²) in [6, 6.07) is 1.90. The van der Waals surface area contributed by atoms with E-state index in [0.717, 1.165) is 24.1 Å². The molecule has 3 nitrogen and oxygen atoms in total. The first kappa shape index (κ1) is 10.7. The van der Waals surface area contributed by atoms with E-state index in [1.807, 2.05) is 19.9 Å². The molecule has 0 N–H and O–H groups in total. The summed E-state index contributed by atoms with van der Waals surface area (Å²) < 4.78 is 1.64. The normalized spacial score (nSPS) is 11.2. The van der Waals surface area contributed by atoms with Crippen molar-refractivity contribution in [2.24, 2.45) is 0 Å². The Morgan fingerprint density at radius 2 is 2.00 bits per heavy atom. The highest BCUT2D eigenvalue weighted by Crippen LogP contribution is 2.24. The van der Waals surface area contributed by atoms with Crippen LogP contribution >= 0.6 is 23.2 Å². The van der Waals surface area contributed by atoms with Gasteiger partial charge in [-0.15, -0.1) is 0 Å². The monoisotopic (exact) mass is 243 g/mol. The van der Waals surface area contributed by atoms with E-state index in [1.165, 1.54) is 0 Å². The lowest BCUT2D eigenvalue weighted by atomic mass is 10.3. The van der Waals surface area contributed by atoms with Gasteiger partial charge in [0.25, 0.3) is 0 Å². The van der Waals surface area contributed by atoms with E-state index in [2.05, 4.69) is 10.1 Å². The number of hydrogen-bond donors (Lipinski definition) is 0. The largest absolute Gasteiger partial charge is 0.216 e. The fourth-order valence-corrected chi connectivity index (χ4v) is 2.19. The van der Waals surface area contributed by atoms with Crippen molar-refractivity contribution in [3.63, 3.8) is 0 Å². The van der Waals surface area contributed by atoms with E-state index in [-0.39, 0.29) is 0 Å². The Balaban J connectivity index is 2.76. The summed E-state index contributed by atoms with van der Waals surface area (Å²) in [6.07, 6.45) is 1.61. The standard InChI is InChI=1S/C10H11Cl2N3/c1-3-6-5-8-13-9(11)7(4-2)10(12)15(8)14-6/h5H,3-4H2,1-2H3. The minimum absolute atomic E-state index is 0.470. The van der Waals surface area contributed by atoms with Crippen molar-refractivity contribution in [3.8, 4) is 0 Å². The van der Waals surface area contributed by atoms with Crippen molar-refractivity contribution in [2.75, 3.05) is 0 Å². The van der Waals surface area contributed by atoms with Crippen LogP contribution in [0.2, 0.25) is 10.3 Å². The molecule has 2 rings (SSSR count). The fourth-order valence-electron chi connectivity index (χ4n) is 1.49. The first-order valence-corrected chi connectivity index (χ1v) is 5.65. The number of halogens is 2. The lowest BCUT2D eigenvalue weighted by Gasteiger charge is -2.04. The third kappa shape index (κ3) is 1.70. The van der Waals surface area contributed by atoms with Gasteiger partial charge in [0.2, 0.25) is 0 Å². The number of aromatic nitrogens is 3. The number of rotatable bonds is 2. The van der Waals surface area contributed by atoms with E-state index in [1.54, 1.807) is 4.52 Å². The molecule has 80 valence electrons. The molecule has 0 aliphatic carbocycles. The molecule has 2 heterocycles. The van der Waals surface area contributed by atoms with Crippen LogP contribution in [0.3, 0.4) is 0 Å². The maximum atomic E-state index is 6.19. The molecule has 0 saturated heterocycles. The second-order valence-electron chi connectivity index (χ2n) is 3.28. The molecule has 0 fully saturated rings. The van der Waals surface area contributed by atoms with Gasteiger partial charge in [-0.25, -0.2) is 9.50 Å². The van der Waals surface area contributed by atoms with Gasteiger partial charge < -0.3 is 0 Å². The molecule has 0 atom stereocenters. The fraction of sp³-hybridized carbons (Fsp3) is 0.400. The molecule has 2 aromatic heterocycles. The number of hydrogen-bond acceptors (Lipinski definition) is 2. The third-order valence-corrected chi connectivity index (χ3v) is 3.05. The summed E-state index contributed by atoms with van der Waals surface area (Å²) in [5.41, 5.74) is 2.52. The van der Waals surface area contributed by atoms with Crippen molar-refractivity contribution < 1.29 is 0 Å². The summed E-state index contributed by atoms with van der Waals surface area (Å²) in [4.78, 5) is 4.26. The zero-order valence-electron chi connectivity index (χ0n) is 8.59. The van der Waals surface area contributed by atoms with Gasteiger partial charge in [0.1, 0.15) is 10.3 Å². The summed E-state index contributed by atoms with van der Waals surface area (Å²) in [6.45, 7) is 4.03. The SMILES string of the molecule is CCc1cc2nc(Cl)c(CC)c(Cl)n2n1. The maximum absolute atomic E-state index is 6.19. The average molecular weight is 244 g/mol. The van der Waals surface area contributed by atoms with Crippen LogP contribution in [-0.2, 0) is 12.8 Å². The summed E-state index contributed by atoms with van der Waals surface area (Å²) in [5.74, 6) is 0. The second-order valence-corrected chi connectivity index (χ2v) is 4.00. The molecule has 0 amide bonds. The van der Waals surface area contributed by atoms with Gasteiger partial charge in [0, 0.05) is 11.6 Å². The van der Waals surface area contributed by atoms with Crippen molar-refractivity contribution in [1.82, 2.24) is 14.6 Å². The topological polar surface area (TPSA) is 30.2 Å². The molecule has 0 aliphatic rings. The molecule has 2 aromatic rings. The molecule has 15 heavy (non-hydrogen) atoms. The summed E-state index contributed by atoms with van der Waals surface area (Å²) in [7, 11) is 0. The lowest BCUT2D eigenvalue weighted by Crippen LogP contribution is -1.99. The van der Waals surface area contributed by atoms with Crippen LogP contribution < -0.4 is 0 Å². The van der Waals surface area contributed by atoms with Crippen LogP contribution in [0.4, 0.5) is 0 Å². The summed E-state index contributed by atoms with van der Waals surface area (Å²) in [5, 5.41) is 5.38. The quantitative estimate of drug-likeness (QED) is 0.759. The zero-order valence-corrected chi connectivity index (χ0v) is 10.1. The highest BCUT2D eigenvalue weighted by Gasteiger charge is 2.12. The molecule has 0 unspecified atom stereocenters. The van der Waals surface area contributed by atoms with Crippen LogP contribution in [0.15, 0.2) is 6.07 Å². The van der Waals surface area contributed by atoms with Gasteiger partial charge in [-0.2, -0.15) is 5.10 Å². The van der Waals surface area contributed by atoms with E-state index in [4.69, 9.17) is 23.2 Å². The molecule has 0 spiro atoms. The van der Waals surface area contributed by atoms with E-state index >= 15 is 0 Å². The molecule has 0 radical (unpaired) electrons. The van der Waals surface area contributed by atoms with Crippen LogP contribution in [0.1, 0.15) is 25.1 Å². The Morgan fingerprint density at radius 1 is 1.27 bits per heavy atom. The molecule has 0 bridgehead atoms. The van der Waals surface area contributed by atoms with Crippen molar-refractivity contribution in [1.29, 1.82) is 0 Å². The first-order valence-electron chi connectivity index (χ1n) is 4.89. The van der Waals surface area contributed by atoms with Gasteiger partial charge >= 0.3 is 0 Å². The highest BCUT2D eigenvalue weighted by molar-refractivity contribution is 6.34. The minimum atomic E-state index is 0.470. The molecular formula is C10H11Cl2N3. The molecular weight excluding hydrogens is 233 g/mol. The van der Waals surface area contributed by atoms with Crippen molar-refractivity contribution in [3.05, 3.63) is 27.6 Å². The third-order valence-electron chi connectivity index (χ3n) is 2.35. The van der Waals surface area contributed by atoms with Crippen LogP contribution in [-0.4, -0.2) is 14.6 Å². The van der Waals surface area contributed by atoms with Gasteiger partial charge in [-0.3, -0.25) is 0 Å². The van der Waals surface area contributed by atoms with Crippen LogP contribution in [0.5, 0.6) is 0 Å². The molecule has 0 saturated carbocycles. The zero-order chi connectivity index (χ0) is 11.0. The molecule has 0 aromatic carbocycles. The molecule has 0 aliphatic heterocycles. The highest BCUT2D eigenvalue weighted by atomic mass is 35.5. The Labute approximate surface area is 98.0 Å². The Bertz CT molecular complexity index is 505. The average Bonchev–Trinajstić information content (AvgIpc) is 2.61. The predicted octanol–water partition coefficient (Wildman–Crippen LogP) is 3.16. The van der Waals surface area contributed by atoms with Crippen molar-refractivity contribution >= 4 is 28.8 Å². The second kappa shape index (κ2) is 3.99. The summed E-state index contributed by atoms with van der Waals surface area (Å²) >= 11 is 12.2. The van der Waals surface area contributed by atoms with E-state index in [9.17, 15) is 0 Å². The lowest BCUT2D eigenvalue weighted by molar-refractivity contribution is 0.871. The van der Waals surface area contributed by atoms with Gasteiger partial charge in [-0.05, 0) is 12.8 Å². The van der Waals surface area contributed by atoms with E-state index in [0.29, 0.717) is 16.0 Å². The first-order chi connectivity index (χ1) is 7.17. The van der Waals surface area contributed by atoms with Gasteiger partial charge in [-0.1, -0.05) is 37.0 Å². The smallest absolute Gasteiger partial charge is 0.158 e. The Hall–Kier alpha value is -0.800. The minimum Gasteiger partial charge on any atom is -0.216 e. The number of fused-ring (bicyclic) bond motifs is 1. The number of aryl methyl sites for hydroxylation is 1. The van der Waals surface area contributed by atoms with Crippen molar-refractivity contribution in [2.45, 2.75) is 26.7 Å². The van der Waals surface area contributed by atoms with Gasteiger partial charge in [0.15, 0.2) is 5.65 Å². The van der Waals surface area contributed by atoms with E-state index < -0.39 is 0 Å². The maximum Gasteiger partial charge on any atom is 0.158 e. The molecule has 5 heteroatoms. The Kier molecular flexibility index (Phi) is 2.85. The van der Waals surface area contributed by atoms with Gasteiger partial charge in [0.05, 0.1) is 5.69 Å². The number of nitrogens with zero attached hydrogens (tertiary/aromatic N) is 3. The Morgan fingerprint density at radius 3 is 2.60 bits per heavy atom. The van der Waals surface area contributed by atoms with Crippen LogP contribution in [0, 0.1) is 0 Å².